The Morgan fingerprint density at radius 1 is 0.879 bits per heavy atom. The average Bonchev–Trinajstić information content (AvgIpc) is 3.20. The Hall–Kier alpha value is -3.44. The third-order valence-corrected chi connectivity index (χ3v) is 6.73. The summed E-state index contributed by atoms with van der Waals surface area (Å²) in [6.07, 6.45) is 0.875. The number of hydrogen-bond donors (Lipinski definition) is 0. The minimum Gasteiger partial charge on any atom is -0.336 e. The lowest BCUT2D eigenvalue weighted by Crippen LogP contribution is -2.49. The van der Waals surface area contributed by atoms with Gasteiger partial charge in [0, 0.05) is 45.2 Å². The van der Waals surface area contributed by atoms with Gasteiger partial charge in [-0.3, -0.25) is 9.69 Å². The van der Waals surface area contributed by atoms with Gasteiger partial charge in [0.15, 0.2) is 0 Å². The lowest BCUT2D eigenvalue weighted by atomic mass is 9.96. The number of amides is 1. The van der Waals surface area contributed by atoms with Crippen molar-refractivity contribution in [3.8, 4) is 0 Å². The number of hydrogen-bond acceptors (Lipinski definition) is 3. The first-order chi connectivity index (χ1) is 16.2. The van der Waals surface area contributed by atoms with E-state index in [1.807, 2.05) is 30.1 Å². The SMILES string of the molecule is CCc1nc2cc(C(=O)N3CCN(C(c4ccccc4)c4ccccc4)CC3)ccc2n1C. The van der Waals surface area contributed by atoms with Crippen molar-refractivity contribution in [3.05, 3.63) is 101 Å². The van der Waals surface area contributed by atoms with Crippen molar-refractivity contribution in [3.63, 3.8) is 0 Å². The molecule has 0 saturated carbocycles. The second-order valence-corrected chi connectivity index (χ2v) is 8.70. The van der Waals surface area contributed by atoms with Crippen LogP contribution in [0.5, 0.6) is 0 Å². The van der Waals surface area contributed by atoms with Crippen LogP contribution >= 0.6 is 0 Å². The van der Waals surface area contributed by atoms with Crippen molar-refractivity contribution in [1.82, 2.24) is 19.4 Å². The third-order valence-electron chi connectivity index (χ3n) is 6.73. The van der Waals surface area contributed by atoms with E-state index in [2.05, 4.69) is 77.1 Å². The zero-order valence-corrected chi connectivity index (χ0v) is 19.3. The Morgan fingerprint density at radius 3 is 2.06 bits per heavy atom. The quantitative estimate of drug-likeness (QED) is 0.454. The Labute approximate surface area is 195 Å². The van der Waals surface area contributed by atoms with Gasteiger partial charge in [0.25, 0.3) is 5.91 Å². The highest BCUT2D eigenvalue weighted by Gasteiger charge is 2.28. The topological polar surface area (TPSA) is 41.4 Å². The maximum atomic E-state index is 13.3. The van der Waals surface area contributed by atoms with Gasteiger partial charge in [0.05, 0.1) is 17.1 Å². The van der Waals surface area contributed by atoms with Crippen LogP contribution in [0.4, 0.5) is 0 Å². The molecule has 0 unspecified atom stereocenters. The molecule has 168 valence electrons. The fourth-order valence-corrected chi connectivity index (χ4v) is 4.95. The van der Waals surface area contributed by atoms with Gasteiger partial charge < -0.3 is 9.47 Å². The molecule has 1 aromatic heterocycles. The first kappa shape index (κ1) is 21.4. The fraction of sp³-hybridized carbons (Fsp3) is 0.286. The van der Waals surface area contributed by atoms with Gasteiger partial charge in [0.1, 0.15) is 5.82 Å². The minimum atomic E-state index is 0.0937. The van der Waals surface area contributed by atoms with Gasteiger partial charge in [-0.15, -0.1) is 0 Å². The fourth-order valence-electron chi connectivity index (χ4n) is 4.95. The second kappa shape index (κ2) is 9.20. The standard InChI is InChI=1S/C28H30N4O/c1-3-26-29-24-20-23(14-15-25(24)30(26)2)28(33)32-18-16-31(17-19-32)27(21-10-6-4-7-11-21)22-12-8-5-9-13-22/h4-15,20,27H,3,16-19H2,1-2H3. The number of aryl methyl sites for hydroxylation is 2. The highest BCUT2D eigenvalue weighted by atomic mass is 16.2. The van der Waals surface area contributed by atoms with E-state index in [0.717, 1.165) is 55.0 Å². The number of rotatable bonds is 5. The van der Waals surface area contributed by atoms with E-state index in [0.29, 0.717) is 0 Å². The van der Waals surface area contributed by atoms with Crippen LogP contribution in [0.1, 0.15) is 40.3 Å². The summed E-state index contributed by atoms with van der Waals surface area (Å²) in [6.45, 7) is 5.22. The Balaban J connectivity index is 1.33. The van der Waals surface area contributed by atoms with Crippen LogP contribution in [0.25, 0.3) is 11.0 Å². The number of carbonyl (C=O) groups is 1. The monoisotopic (exact) mass is 438 g/mol. The number of piperazine rings is 1. The van der Waals surface area contributed by atoms with E-state index in [9.17, 15) is 4.79 Å². The molecule has 5 heteroatoms. The highest BCUT2D eigenvalue weighted by molar-refractivity contribution is 5.97. The van der Waals surface area contributed by atoms with Crippen LogP contribution in [0.2, 0.25) is 0 Å². The summed E-state index contributed by atoms with van der Waals surface area (Å²) >= 11 is 0. The molecule has 3 aromatic carbocycles. The molecule has 0 atom stereocenters. The van der Waals surface area contributed by atoms with Crippen molar-refractivity contribution in [2.24, 2.45) is 7.05 Å². The molecular formula is C28H30N4O. The molecule has 5 nitrogen and oxygen atoms in total. The van der Waals surface area contributed by atoms with E-state index in [4.69, 9.17) is 4.98 Å². The van der Waals surface area contributed by atoms with Crippen LogP contribution in [0.3, 0.4) is 0 Å². The van der Waals surface area contributed by atoms with E-state index in [1.54, 1.807) is 0 Å². The molecule has 4 aromatic rings. The third kappa shape index (κ3) is 4.16. The van der Waals surface area contributed by atoms with Gasteiger partial charge in [-0.1, -0.05) is 67.6 Å². The van der Waals surface area contributed by atoms with Crippen molar-refractivity contribution < 1.29 is 4.79 Å². The molecular weight excluding hydrogens is 408 g/mol. The highest BCUT2D eigenvalue weighted by Crippen LogP contribution is 2.29. The molecule has 33 heavy (non-hydrogen) atoms. The first-order valence-electron chi connectivity index (χ1n) is 11.7. The molecule has 1 saturated heterocycles. The predicted molar refractivity (Wildman–Crippen MR) is 132 cm³/mol. The summed E-state index contributed by atoms with van der Waals surface area (Å²) in [5.74, 6) is 1.13. The van der Waals surface area contributed by atoms with Gasteiger partial charge in [0.2, 0.25) is 0 Å². The van der Waals surface area contributed by atoms with Gasteiger partial charge in [-0.25, -0.2) is 4.98 Å². The molecule has 5 rings (SSSR count). The summed E-state index contributed by atoms with van der Waals surface area (Å²) in [5.41, 5.74) is 5.26. The predicted octanol–water partition coefficient (Wildman–Crippen LogP) is 4.68. The molecule has 1 amide bonds. The van der Waals surface area contributed by atoms with Crippen molar-refractivity contribution in [2.45, 2.75) is 19.4 Å². The maximum absolute atomic E-state index is 13.3. The molecule has 0 aliphatic carbocycles. The van der Waals surface area contributed by atoms with Crippen molar-refractivity contribution in [2.75, 3.05) is 26.2 Å². The van der Waals surface area contributed by atoms with E-state index < -0.39 is 0 Å². The smallest absolute Gasteiger partial charge is 0.254 e. The molecule has 1 aliphatic heterocycles. The average molecular weight is 439 g/mol. The summed E-state index contributed by atoms with van der Waals surface area (Å²) in [4.78, 5) is 22.5. The normalized spacial score (nSPS) is 14.8. The summed E-state index contributed by atoms with van der Waals surface area (Å²) in [5, 5.41) is 0. The van der Waals surface area contributed by atoms with E-state index >= 15 is 0 Å². The van der Waals surface area contributed by atoms with Gasteiger partial charge >= 0.3 is 0 Å². The number of carbonyl (C=O) groups excluding carboxylic acids is 1. The number of nitrogens with zero attached hydrogens (tertiary/aromatic N) is 4. The molecule has 0 N–H and O–H groups in total. The Bertz CT molecular complexity index is 1200. The van der Waals surface area contributed by atoms with Crippen LogP contribution in [-0.2, 0) is 13.5 Å². The van der Waals surface area contributed by atoms with Crippen LogP contribution in [0.15, 0.2) is 78.9 Å². The molecule has 2 heterocycles. The first-order valence-corrected chi connectivity index (χ1v) is 11.7. The van der Waals surface area contributed by atoms with E-state index in [-0.39, 0.29) is 11.9 Å². The van der Waals surface area contributed by atoms with Gasteiger partial charge in [-0.05, 0) is 29.3 Å². The lowest BCUT2D eigenvalue weighted by molar-refractivity contribution is 0.0597. The van der Waals surface area contributed by atoms with Crippen molar-refractivity contribution in [1.29, 1.82) is 0 Å². The zero-order chi connectivity index (χ0) is 22.8. The van der Waals surface area contributed by atoms with Crippen LogP contribution < -0.4 is 0 Å². The number of aromatic nitrogens is 2. The summed E-state index contributed by atoms with van der Waals surface area (Å²) in [6, 6.07) is 27.4. The zero-order valence-electron chi connectivity index (χ0n) is 19.3. The van der Waals surface area contributed by atoms with Crippen LogP contribution in [0, 0.1) is 0 Å². The molecule has 1 aliphatic rings. The Kier molecular flexibility index (Phi) is 5.97. The number of fused-ring (bicyclic) bond motifs is 1. The minimum absolute atomic E-state index is 0.0937. The molecule has 0 bridgehead atoms. The number of benzene rings is 3. The number of imidazole rings is 1. The van der Waals surface area contributed by atoms with Crippen molar-refractivity contribution >= 4 is 16.9 Å². The van der Waals surface area contributed by atoms with Crippen LogP contribution in [-0.4, -0.2) is 51.4 Å². The largest absolute Gasteiger partial charge is 0.336 e. The lowest BCUT2D eigenvalue weighted by Gasteiger charge is -2.39. The Morgan fingerprint density at radius 2 is 1.48 bits per heavy atom. The molecule has 0 spiro atoms. The summed E-state index contributed by atoms with van der Waals surface area (Å²) in [7, 11) is 2.03. The van der Waals surface area contributed by atoms with E-state index in [1.165, 1.54) is 11.1 Å². The molecule has 0 radical (unpaired) electrons. The van der Waals surface area contributed by atoms with Gasteiger partial charge in [-0.2, -0.15) is 0 Å². The molecule has 1 fully saturated rings. The second-order valence-electron chi connectivity index (χ2n) is 8.70. The maximum Gasteiger partial charge on any atom is 0.254 e. The summed E-state index contributed by atoms with van der Waals surface area (Å²) < 4.78 is 2.11.